The van der Waals surface area contributed by atoms with Crippen molar-refractivity contribution in [2.45, 2.75) is 72.6 Å². The van der Waals surface area contributed by atoms with Crippen molar-refractivity contribution in [2.24, 2.45) is 5.92 Å². The van der Waals surface area contributed by atoms with Crippen LogP contribution in [0.1, 0.15) is 72.6 Å². The highest BCUT2D eigenvalue weighted by Gasteiger charge is 1.96. The zero-order valence-corrected chi connectivity index (χ0v) is 21.0. The largest absolute Gasteiger partial charge is 0.396 e. The molecule has 0 amide bonds. The minimum Gasteiger partial charge on any atom is -0.396 e. The molecule has 0 rings (SSSR count). The summed E-state index contributed by atoms with van der Waals surface area (Å²) in [7, 11) is 0. The SMILES string of the molecule is C/C(=C/CO)CCO.C/C(=C\CO)CCO.C=C(CCO)CCO.CCCC(C)CCO. The van der Waals surface area contributed by atoms with Gasteiger partial charge < -0.3 is 35.7 Å². The maximum atomic E-state index is 8.46. The van der Waals surface area contributed by atoms with Crippen LogP contribution in [0, 0.1) is 5.92 Å². The van der Waals surface area contributed by atoms with Crippen molar-refractivity contribution < 1.29 is 35.7 Å². The van der Waals surface area contributed by atoms with Crippen molar-refractivity contribution in [3.63, 3.8) is 0 Å². The molecule has 0 aromatic rings. The van der Waals surface area contributed by atoms with Gasteiger partial charge in [0.2, 0.25) is 0 Å². The van der Waals surface area contributed by atoms with Crippen molar-refractivity contribution in [3.8, 4) is 0 Å². The fourth-order valence-corrected chi connectivity index (χ4v) is 2.17. The minimum atomic E-state index is 0.0752. The van der Waals surface area contributed by atoms with Crippen LogP contribution in [-0.2, 0) is 0 Å². The second kappa shape index (κ2) is 34.6. The number of aliphatic hydroxyl groups excluding tert-OH is 7. The quantitative estimate of drug-likeness (QED) is 0.196. The Hall–Kier alpha value is -1.06. The Bertz CT molecular complexity index is 385. The first-order valence-corrected chi connectivity index (χ1v) is 11.5. The predicted octanol–water partition coefficient (Wildman–Crippen LogP) is 2.73. The summed E-state index contributed by atoms with van der Waals surface area (Å²) >= 11 is 0. The second-order valence-electron chi connectivity index (χ2n) is 7.52. The average Bonchev–Trinajstić information content (AvgIpc) is 2.71. The number of hydrogen-bond donors (Lipinski definition) is 7. The molecule has 1 unspecified atom stereocenters. The molecular weight excluding hydrogens is 412 g/mol. The van der Waals surface area contributed by atoms with Crippen molar-refractivity contribution in [2.75, 3.05) is 46.2 Å². The summed E-state index contributed by atoms with van der Waals surface area (Å²) < 4.78 is 0. The number of rotatable bonds is 14. The van der Waals surface area contributed by atoms with Crippen LogP contribution in [0.15, 0.2) is 35.5 Å². The van der Waals surface area contributed by atoms with Crippen LogP contribution in [0.4, 0.5) is 0 Å². The lowest BCUT2D eigenvalue weighted by atomic mass is 10.0. The topological polar surface area (TPSA) is 142 Å². The molecule has 0 saturated heterocycles. The molecule has 0 spiro atoms. The van der Waals surface area contributed by atoms with Crippen molar-refractivity contribution in [1.29, 1.82) is 0 Å². The lowest BCUT2D eigenvalue weighted by Crippen LogP contribution is -1.96. The molecule has 7 N–H and O–H groups in total. The molecular formula is C25H52O7. The molecule has 7 nitrogen and oxygen atoms in total. The van der Waals surface area contributed by atoms with Gasteiger partial charge in [-0.3, -0.25) is 0 Å². The van der Waals surface area contributed by atoms with E-state index in [1.54, 1.807) is 12.2 Å². The molecule has 7 heteroatoms. The summed E-state index contributed by atoms with van der Waals surface area (Å²) in [5.41, 5.74) is 2.99. The summed E-state index contributed by atoms with van der Waals surface area (Å²) in [6.45, 7) is 12.8. The van der Waals surface area contributed by atoms with Gasteiger partial charge >= 0.3 is 0 Å². The minimum absolute atomic E-state index is 0.0752. The molecule has 0 saturated carbocycles. The van der Waals surface area contributed by atoms with Crippen LogP contribution < -0.4 is 0 Å². The van der Waals surface area contributed by atoms with Crippen molar-refractivity contribution in [3.05, 3.63) is 35.5 Å². The van der Waals surface area contributed by atoms with E-state index < -0.39 is 0 Å². The molecule has 0 aliphatic heterocycles. The fourth-order valence-electron chi connectivity index (χ4n) is 2.17. The van der Waals surface area contributed by atoms with Crippen LogP contribution >= 0.6 is 0 Å². The maximum absolute atomic E-state index is 8.46. The van der Waals surface area contributed by atoms with Gasteiger partial charge in [0.15, 0.2) is 0 Å². The molecule has 0 aromatic carbocycles. The van der Waals surface area contributed by atoms with Crippen molar-refractivity contribution >= 4 is 0 Å². The van der Waals surface area contributed by atoms with Gasteiger partial charge in [-0.15, -0.1) is 0 Å². The van der Waals surface area contributed by atoms with E-state index in [4.69, 9.17) is 35.7 Å². The third kappa shape index (κ3) is 42.9. The Balaban J connectivity index is -0.000000163. The molecule has 0 radical (unpaired) electrons. The lowest BCUT2D eigenvalue weighted by Gasteiger charge is -2.05. The van der Waals surface area contributed by atoms with E-state index in [1.165, 1.54) is 12.8 Å². The number of hydrogen-bond acceptors (Lipinski definition) is 7. The van der Waals surface area contributed by atoms with E-state index in [9.17, 15) is 0 Å². The van der Waals surface area contributed by atoms with E-state index in [0.29, 0.717) is 38.2 Å². The zero-order valence-electron chi connectivity index (χ0n) is 21.0. The lowest BCUT2D eigenvalue weighted by molar-refractivity contribution is 0.258. The summed E-state index contributed by atoms with van der Waals surface area (Å²) in [6, 6.07) is 0. The molecule has 194 valence electrons. The van der Waals surface area contributed by atoms with Crippen molar-refractivity contribution in [1.82, 2.24) is 0 Å². The fraction of sp³-hybridized carbons (Fsp3) is 0.760. The Morgan fingerprint density at radius 3 is 1.28 bits per heavy atom. The normalized spacial score (nSPS) is 11.8. The Labute approximate surface area is 196 Å². The molecule has 0 aliphatic rings. The standard InChI is InChI=1S/C7H16O.3C6H12O2/c1-3-4-7(2)5-6-8;3*1-6(2-4-7)3-5-8/h7-8H,3-6H2,1-2H3;2*2,7-8H,3-5H2,1H3;7-8H,1-5H2/b;6-2+;6-2-;. The Morgan fingerprint density at radius 2 is 1.03 bits per heavy atom. The molecule has 0 bridgehead atoms. The third-order valence-electron chi connectivity index (χ3n) is 4.23. The molecule has 1 atom stereocenters. The molecule has 0 aromatic heterocycles. The van der Waals surface area contributed by atoms with Gasteiger partial charge in [0.1, 0.15) is 0 Å². The van der Waals surface area contributed by atoms with Crippen LogP contribution in [0.25, 0.3) is 0 Å². The molecule has 0 aliphatic carbocycles. The van der Waals surface area contributed by atoms with Gasteiger partial charge in [0.05, 0.1) is 13.2 Å². The van der Waals surface area contributed by atoms with Gasteiger partial charge in [-0.2, -0.15) is 0 Å². The van der Waals surface area contributed by atoms with E-state index in [-0.39, 0.29) is 39.6 Å². The summed E-state index contributed by atoms with van der Waals surface area (Å²) in [5.74, 6) is 0.713. The monoisotopic (exact) mass is 464 g/mol. The summed E-state index contributed by atoms with van der Waals surface area (Å²) in [5, 5.41) is 58.4. The highest BCUT2D eigenvalue weighted by Crippen LogP contribution is 2.07. The first-order chi connectivity index (χ1) is 15.2. The highest BCUT2D eigenvalue weighted by molar-refractivity contribution is 4.97. The van der Waals surface area contributed by atoms with Gasteiger partial charge in [-0.05, 0) is 51.9 Å². The van der Waals surface area contributed by atoms with E-state index in [0.717, 1.165) is 23.1 Å². The average molecular weight is 465 g/mol. The molecule has 0 heterocycles. The predicted molar refractivity (Wildman–Crippen MR) is 133 cm³/mol. The summed E-state index contributed by atoms with van der Waals surface area (Å²) in [4.78, 5) is 0. The second-order valence-corrected chi connectivity index (χ2v) is 7.52. The number of aliphatic hydroxyl groups is 7. The van der Waals surface area contributed by atoms with Gasteiger partial charge in [-0.1, -0.05) is 62.1 Å². The van der Waals surface area contributed by atoms with E-state index in [1.807, 2.05) is 13.8 Å². The van der Waals surface area contributed by atoms with Gasteiger partial charge in [-0.25, -0.2) is 0 Å². The van der Waals surface area contributed by atoms with Crippen LogP contribution in [0.3, 0.4) is 0 Å². The maximum Gasteiger partial charge on any atom is 0.0614 e. The van der Waals surface area contributed by atoms with E-state index in [2.05, 4.69) is 20.4 Å². The Morgan fingerprint density at radius 1 is 0.656 bits per heavy atom. The first kappa shape index (κ1) is 38.2. The van der Waals surface area contributed by atoms with Gasteiger partial charge in [0, 0.05) is 33.0 Å². The van der Waals surface area contributed by atoms with Crippen LogP contribution in [0.5, 0.6) is 0 Å². The summed E-state index contributed by atoms with van der Waals surface area (Å²) in [6.07, 6.45) is 9.39. The highest BCUT2D eigenvalue weighted by atomic mass is 16.3. The van der Waals surface area contributed by atoms with Gasteiger partial charge in [0.25, 0.3) is 0 Å². The molecule has 32 heavy (non-hydrogen) atoms. The molecule has 0 fully saturated rings. The zero-order chi connectivity index (χ0) is 25.6. The first-order valence-electron chi connectivity index (χ1n) is 11.5. The van der Waals surface area contributed by atoms with Crippen LogP contribution in [0.2, 0.25) is 0 Å². The smallest absolute Gasteiger partial charge is 0.0614 e. The van der Waals surface area contributed by atoms with Crippen LogP contribution in [-0.4, -0.2) is 82.0 Å². The third-order valence-corrected chi connectivity index (χ3v) is 4.23. The Kier molecular flexibility index (Phi) is 41.3. The van der Waals surface area contributed by atoms with E-state index >= 15 is 0 Å².